The largest absolute Gasteiger partial charge is 0.345 e. The van der Waals surface area contributed by atoms with Crippen LogP contribution in [-0.4, -0.2) is 10.4 Å². The van der Waals surface area contributed by atoms with E-state index in [1.54, 1.807) is 0 Å². The van der Waals surface area contributed by atoms with E-state index in [0.29, 0.717) is 0 Å². The van der Waals surface area contributed by atoms with Gasteiger partial charge in [-0.15, -0.1) is 5.10 Å². The van der Waals surface area contributed by atoms with Crippen molar-refractivity contribution in [2.24, 2.45) is 0 Å². The van der Waals surface area contributed by atoms with E-state index in [0.717, 1.165) is 18.5 Å². The molecule has 0 fully saturated rings. The summed E-state index contributed by atoms with van der Waals surface area (Å²) in [6.45, 7) is 3.65. The maximum absolute atomic E-state index is 4.48. The minimum absolute atomic E-state index is 0.841. The van der Waals surface area contributed by atoms with Crippen molar-refractivity contribution < 1.29 is 4.52 Å². The molecule has 0 atom stereocenters. The van der Waals surface area contributed by atoms with Crippen LogP contribution >= 0.6 is 0 Å². The standard InChI is InChI=1S/C5H7N2O/c1-2-3-5-4-8-7-6-5/h4H,1-3H2. The van der Waals surface area contributed by atoms with Gasteiger partial charge in [0.2, 0.25) is 0 Å². The maximum atomic E-state index is 4.48. The molecule has 0 unspecified atom stereocenters. The average Bonchev–Trinajstić information content (AvgIpc) is 2.19. The molecule has 0 amide bonds. The summed E-state index contributed by atoms with van der Waals surface area (Å²) in [5, 5.41) is 6.94. The summed E-state index contributed by atoms with van der Waals surface area (Å²) in [5.74, 6) is 0. The molecule has 0 aliphatic carbocycles. The number of nitrogens with zero attached hydrogens (tertiary/aromatic N) is 2. The van der Waals surface area contributed by atoms with Crippen LogP contribution in [0.1, 0.15) is 12.1 Å². The van der Waals surface area contributed by atoms with Gasteiger partial charge in [-0.2, -0.15) is 0 Å². The second-order valence-corrected chi connectivity index (χ2v) is 1.50. The van der Waals surface area contributed by atoms with Gasteiger partial charge in [0.05, 0.1) is 0 Å². The van der Waals surface area contributed by atoms with Crippen LogP contribution < -0.4 is 0 Å². The summed E-state index contributed by atoms with van der Waals surface area (Å²) in [6, 6.07) is 0. The minimum atomic E-state index is 0.841. The van der Waals surface area contributed by atoms with Crippen molar-refractivity contribution in [3.05, 3.63) is 18.9 Å². The predicted molar refractivity (Wildman–Crippen MR) is 28.0 cm³/mol. The third-order valence-electron chi connectivity index (χ3n) is 0.838. The third kappa shape index (κ3) is 1.05. The van der Waals surface area contributed by atoms with Crippen molar-refractivity contribution in [2.75, 3.05) is 0 Å². The van der Waals surface area contributed by atoms with Gasteiger partial charge in [-0.3, -0.25) is 0 Å². The molecule has 3 heteroatoms. The molecule has 0 saturated heterocycles. The molecule has 0 aliphatic rings. The Balaban J connectivity index is 2.50. The van der Waals surface area contributed by atoms with Crippen LogP contribution in [0.3, 0.4) is 0 Å². The highest BCUT2D eigenvalue weighted by atomic mass is 16.5. The lowest BCUT2D eigenvalue weighted by molar-refractivity contribution is 0.392. The first-order chi connectivity index (χ1) is 3.93. The molecule has 1 aromatic rings. The van der Waals surface area contributed by atoms with Crippen molar-refractivity contribution in [2.45, 2.75) is 12.8 Å². The van der Waals surface area contributed by atoms with E-state index in [1.807, 2.05) is 0 Å². The number of hydrogen-bond donors (Lipinski definition) is 0. The second-order valence-electron chi connectivity index (χ2n) is 1.50. The topological polar surface area (TPSA) is 38.9 Å². The molecule has 8 heavy (non-hydrogen) atoms. The maximum Gasteiger partial charge on any atom is 0.147 e. The van der Waals surface area contributed by atoms with Crippen LogP contribution in [0.2, 0.25) is 0 Å². The molecule has 0 saturated carbocycles. The normalized spacial score (nSPS) is 9.62. The average molecular weight is 111 g/mol. The van der Waals surface area contributed by atoms with E-state index >= 15 is 0 Å². The fourth-order valence-electron chi connectivity index (χ4n) is 0.474. The predicted octanol–water partition coefficient (Wildman–Crippen LogP) is 0.836. The van der Waals surface area contributed by atoms with Crippen molar-refractivity contribution >= 4 is 0 Å². The van der Waals surface area contributed by atoms with Gasteiger partial charge < -0.3 is 4.52 Å². The Bertz CT molecular complexity index is 136. The van der Waals surface area contributed by atoms with E-state index in [1.165, 1.54) is 6.26 Å². The first-order valence-electron chi connectivity index (χ1n) is 2.48. The molecule has 0 bridgehead atoms. The first kappa shape index (κ1) is 5.28. The fraction of sp³-hybridized carbons (Fsp3) is 0.400. The van der Waals surface area contributed by atoms with Gasteiger partial charge in [-0.1, -0.05) is 6.92 Å². The van der Waals surface area contributed by atoms with Gasteiger partial charge in [-0.25, -0.2) is 0 Å². The van der Waals surface area contributed by atoms with Gasteiger partial charge >= 0.3 is 0 Å². The van der Waals surface area contributed by atoms with Gasteiger partial charge in [0.25, 0.3) is 0 Å². The lowest BCUT2D eigenvalue weighted by Gasteiger charge is -1.80. The van der Waals surface area contributed by atoms with Crippen molar-refractivity contribution in [1.29, 1.82) is 0 Å². The number of rotatable bonds is 2. The SMILES string of the molecule is [CH2]CCc1conn1. The van der Waals surface area contributed by atoms with E-state index in [9.17, 15) is 0 Å². The van der Waals surface area contributed by atoms with Crippen LogP contribution in [0.25, 0.3) is 0 Å². The molecule has 0 N–H and O–H groups in total. The number of aromatic nitrogens is 2. The van der Waals surface area contributed by atoms with Crippen molar-refractivity contribution in [1.82, 2.24) is 10.4 Å². The van der Waals surface area contributed by atoms with Crippen molar-refractivity contribution in [3.63, 3.8) is 0 Å². The molecule has 1 aromatic heterocycles. The van der Waals surface area contributed by atoms with Crippen LogP contribution in [0, 0.1) is 6.92 Å². The molecule has 0 aliphatic heterocycles. The van der Waals surface area contributed by atoms with Crippen molar-refractivity contribution in [3.8, 4) is 0 Å². The highest BCUT2D eigenvalue weighted by molar-refractivity contribution is 4.87. The summed E-state index contributed by atoms with van der Waals surface area (Å²) in [5.41, 5.74) is 0.875. The van der Waals surface area contributed by atoms with Crippen LogP contribution in [-0.2, 0) is 6.42 Å². The van der Waals surface area contributed by atoms with E-state index < -0.39 is 0 Å². The fourth-order valence-corrected chi connectivity index (χ4v) is 0.474. The molecule has 1 radical (unpaired) electrons. The van der Waals surface area contributed by atoms with E-state index in [4.69, 9.17) is 0 Å². The zero-order valence-corrected chi connectivity index (χ0v) is 4.50. The van der Waals surface area contributed by atoms with Gasteiger partial charge in [0.15, 0.2) is 0 Å². The summed E-state index contributed by atoms with van der Waals surface area (Å²) >= 11 is 0. The second kappa shape index (κ2) is 2.45. The molecule has 1 heterocycles. The number of aryl methyl sites for hydroxylation is 1. The van der Waals surface area contributed by atoms with Gasteiger partial charge in [-0.05, 0) is 12.8 Å². The smallest absolute Gasteiger partial charge is 0.147 e. The summed E-state index contributed by atoms with van der Waals surface area (Å²) < 4.78 is 4.48. The highest BCUT2D eigenvalue weighted by Gasteiger charge is 1.91. The van der Waals surface area contributed by atoms with Gasteiger partial charge in [0, 0.05) is 5.27 Å². The molecular weight excluding hydrogens is 104 g/mol. The number of hydrogen-bond acceptors (Lipinski definition) is 3. The third-order valence-corrected chi connectivity index (χ3v) is 0.838. The Morgan fingerprint density at radius 2 is 2.62 bits per heavy atom. The molecule has 3 nitrogen and oxygen atoms in total. The van der Waals surface area contributed by atoms with Gasteiger partial charge in [0.1, 0.15) is 12.0 Å². The summed E-state index contributed by atoms with van der Waals surface area (Å²) in [4.78, 5) is 0. The molecular formula is C5H7N2O. The van der Waals surface area contributed by atoms with E-state index in [2.05, 4.69) is 21.8 Å². The Labute approximate surface area is 47.7 Å². The molecule has 0 spiro atoms. The Kier molecular flexibility index (Phi) is 1.62. The summed E-state index contributed by atoms with van der Waals surface area (Å²) in [7, 11) is 0. The minimum Gasteiger partial charge on any atom is -0.345 e. The molecule has 1 rings (SSSR count). The lowest BCUT2D eigenvalue weighted by Crippen LogP contribution is -1.80. The van der Waals surface area contributed by atoms with Crippen LogP contribution in [0.4, 0.5) is 0 Å². The highest BCUT2D eigenvalue weighted by Crippen LogP contribution is 1.94. The Morgan fingerprint density at radius 3 is 3.12 bits per heavy atom. The molecule has 0 aromatic carbocycles. The summed E-state index contributed by atoms with van der Waals surface area (Å²) in [6.07, 6.45) is 3.23. The Morgan fingerprint density at radius 1 is 1.75 bits per heavy atom. The lowest BCUT2D eigenvalue weighted by atomic mass is 10.3. The monoisotopic (exact) mass is 111 g/mol. The quantitative estimate of drug-likeness (QED) is 0.567. The Hall–Kier alpha value is -0.860. The first-order valence-corrected chi connectivity index (χ1v) is 2.48. The van der Waals surface area contributed by atoms with Crippen LogP contribution in [0.5, 0.6) is 0 Å². The molecule has 43 valence electrons. The zero-order chi connectivity index (χ0) is 5.82. The van der Waals surface area contributed by atoms with Crippen LogP contribution in [0.15, 0.2) is 10.8 Å². The zero-order valence-electron chi connectivity index (χ0n) is 4.50. The van der Waals surface area contributed by atoms with E-state index in [-0.39, 0.29) is 0 Å².